The first-order valence-corrected chi connectivity index (χ1v) is 9.35. The van der Waals surface area contributed by atoms with Crippen LogP contribution in [-0.2, 0) is 10.3 Å². The Labute approximate surface area is 175 Å². The van der Waals surface area contributed by atoms with Crippen molar-refractivity contribution in [2.75, 3.05) is 6.61 Å². The molecule has 0 fully saturated rings. The van der Waals surface area contributed by atoms with E-state index in [2.05, 4.69) is 9.73 Å². The van der Waals surface area contributed by atoms with Crippen molar-refractivity contribution in [3.63, 3.8) is 0 Å². The van der Waals surface area contributed by atoms with Gasteiger partial charge in [-0.05, 0) is 47.0 Å². The predicted octanol–water partition coefficient (Wildman–Crippen LogP) is 5.34. The lowest BCUT2D eigenvalue weighted by atomic mass is 9.82. The summed E-state index contributed by atoms with van der Waals surface area (Å²) in [5, 5.41) is 0.583. The molecule has 0 bridgehead atoms. The second-order valence-electron chi connectivity index (χ2n) is 6.71. The number of nitrogens with zero attached hydrogens (tertiary/aromatic N) is 1. The zero-order valence-corrected chi connectivity index (χ0v) is 16.2. The summed E-state index contributed by atoms with van der Waals surface area (Å²) in [5.41, 5.74) is 6.96. The van der Waals surface area contributed by atoms with Crippen LogP contribution in [0.3, 0.4) is 0 Å². The van der Waals surface area contributed by atoms with Crippen LogP contribution in [0, 0.1) is 5.82 Å². The highest BCUT2D eigenvalue weighted by molar-refractivity contribution is 6.30. The molecule has 0 radical (unpaired) electrons. The fourth-order valence-electron chi connectivity index (χ4n) is 3.50. The third-order valence-electron chi connectivity index (χ3n) is 4.84. The first-order chi connectivity index (χ1) is 14.4. The van der Waals surface area contributed by atoms with Gasteiger partial charge in [-0.2, -0.15) is 8.78 Å². The average Bonchev–Trinajstić information content (AvgIpc) is 3.10. The summed E-state index contributed by atoms with van der Waals surface area (Å²) in [4.78, 5) is 4.38. The Kier molecular flexibility index (Phi) is 5.30. The number of nitrogens with two attached hydrogens (primary N) is 1. The van der Waals surface area contributed by atoms with Crippen molar-refractivity contribution < 1.29 is 22.6 Å². The van der Waals surface area contributed by atoms with E-state index >= 15 is 0 Å². The molecule has 1 aliphatic rings. The van der Waals surface area contributed by atoms with Gasteiger partial charge in [-0.3, -0.25) is 0 Å². The number of hydrogen-bond acceptors (Lipinski definition) is 4. The minimum Gasteiger partial charge on any atom is -0.462 e. The molecule has 1 unspecified atom stereocenters. The summed E-state index contributed by atoms with van der Waals surface area (Å²) >= 11 is 6.10. The van der Waals surface area contributed by atoms with E-state index < -0.39 is 18.0 Å². The lowest BCUT2D eigenvalue weighted by Crippen LogP contribution is -2.28. The van der Waals surface area contributed by atoms with Gasteiger partial charge >= 0.3 is 6.61 Å². The highest BCUT2D eigenvalue weighted by atomic mass is 35.5. The molecule has 4 nitrogen and oxygen atoms in total. The lowest BCUT2D eigenvalue weighted by Gasteiger charge is -2.26. The first kappa shape index (κ1) is 20.1. The van der Waals surface area contributed by atoms with E-state index in [1.54, 1.807) is 12.1 Å². The predicted molar refractivity (Wildman–Crippen MR) is 108 cm³/mol. The van der Waals surface area contributed by atoms with Crippen molar-refractivity contribution in [2.45, 2.75) is 12.2 Å². The maximum absolute atomic E-state index is 15.0. The summed E-state index contributed by atoms with van der Waals surface area (Å²) in [7, 11) is 0. The number of halogens is 4. The van der Waals surface area contributed by atoms with E-state index in [0.717, 1.165) is 17.2 Å². The van der Waals surface area contributed by atoms with Gasteiger partial charge in [0.05, 0.1) is 0 Å². The molecule has 4 rings (SSSR count). The molecule has 1 atom stereocenters. The Morgan fingerprint density at radius 1 is 1.03 bits per heavy atom. The van der Waals surface area contributed by atoms with Crippen molar-refractivity contribution in [2.24, 2.45) is 10.7 Å². The summed E-state index contributed by atoms with van der Waals surface area (Å²) in [6, 6.07) is 18.1. The Morgan fingerprint density at radius 2 is 1.77 bits per heavy atom. The van der Waals surface area contributed by atoms with Gasteiger partial charge in [0.25, 0.3) is 6.02 Å². The maximum atomic E-state index is 15.0. The topological polar surface area (TPSA) is 56.8 Å². The summed E-state index contributed by atoms with van der Waals surface area (Å²) in [5.74, 6) is -1.05. The fourth-order valence-corrected chi connectivity index (χ4v) is 3.69. The van der Waals surface area contributed by atoms with Gasteiger partial charge in [-0.1, -0.05) is 41.9 Å². The number of hydrogen-bond donors (Lipinski definition) is 1. The van der Waals surface area contributed by atoms with Crippen LogP contribution >= 0.6 is 11.6 Å². The highest BCUT2D eigenvalue weighted by Crippen LogP contribution is 2.41. The molecule has 1 aliphatic heterocycles. The number of rotatable bonds is 5. The zero-order valence-electron chi connectivity index (χ0n) is 15.5. The number of amidine groups is 1. The molecule has 0 spiro atoms. The monoisotopic (exact) mass is 432 g/mol. The normalized spacial score (nSPS) is 18.2. The molecular weight excluding hydrogens is 417 g/mol. The molecule has 0 aliphatic carbocycles. The Hall–Kier alpha value is -3.19. The van der Waals surface area contributed by atoms with Crippen LogP contribution in [0.15, 0.2) is 71.7 Å². The maximum Gasteiger partial charge on any atom is 0.387 e. The smallest absolute Gasteiger partial charge is 0.387 e. The van der Waals surface area contributed by atoms with Crippen LogP contribution in [-0.4, -0.2) is 19.2 Å². The quantitative estimate of drug-likeness (QED) is 0.592. The van der Waals surface area contributed by atoms with Gasteiger partial charge in [-0.15, -0.1) is 0 Å². The Balaban J connectivity index is 1.82. The standard InChI is InChI=1S/C22H16ClF3N2O2/c23-16-6-2-4-14(10-16)13-3-1-5-15(9-13)22(12-29-21(27)28-22)18-8-7-17(11-19(18)24)30-20(25)26/h1-11,20H,12H2,(H2,27,28). The molecule has 2 N–H and O–H groups in total. The average molecular weight is 433 g/mol. The third-order valence-corrected chi connectivity index (χ3v) is 5.07. The van der Waals surface area contributed by atoms with Crippen molar-refractivity contribution in [3.8, 4) is 16.9 Å². The van der Waals surface area contributed by atoms with Gasteiger partial charge in [0.15, 0.2) is 5.54 Å². The van der Waals surface area contributed by atoms with Gasteiger partial charge in [0.2, 0.25) is 0 Å². The molecule has 0 saturated carbocycles. The van der Waals surface area contributed by atoms with Gasteiger partial charge < -0.3 is 15.2 Å². The van der Waals surface area contributed by atoms with Crippen molar-refractivity contribution in [1.29, 1.82) is 0 Å². The van der Waals surface area contributed by atoms with E-state index in [-0.39, 0.29) is 23.9 Å². The van der Waals surface area contributed by atoms with Crippen LogP contribution in [0.4, 0.5) is 13.2 Å². The largest absolute Gasteiger partial charge is 0.462 e. The van der Waals surface area contributed by atoms with Crippen molar-refractivity contribution in [3.05, 3.63) is 88.7 Å². The number of aliphatic imine (C=N–C) groups is 1. The van der Waals surface area contributed by atoms with Gasteiger partial charge in [0.1, 0.15) is 18.2 Å². The third kappa shape index (κ3) is 3.80. The van der Waals surface area contributed by atoms with E-state index in [4.69, 9.17) is 22.1 Å². The zero-order chi connectivity index (χ0) is 21.3. The van der Waals surface area contributed by atoms with Gasteiger partial charge in [0, 0.05) is 16.7 Å². The Morgan fingerprint density at radius 3 is 2.40 bits per heavy atom. The molecular formula is C22H16ClF3N2O2. The van der Waals surface area contributed by atoms with Crippen molar-refractivity contribution in [1.82, 2.24) is 0 Å². The molecule has 154 valence electrons. The molecule has 3 aromatic rings. The molecule has 8 heteroatoms. The summed E-state index contributed by atoms with van der Waals surface area (Å²) in [6.07, 6.45) is 0. The summed E-state index contributed by atoms with van der Waals surface area (Å²) < 4.78 is 49.6. The SMILES string of the molecule is NC1=NC(c2cccc(-c3cccc(Cl)c3)c2)(c2ccc(OC(F)F)cc2F)CO1. The van der Waals surface area contributed by atoms with Crippen LogP contribution in [0.1, 0.15) is 11.1 Å². The minimum absolute atomic E-state index is 0.0379. The number of alkyl halides is 2. The summed E-state index contributed by atoms with van der Waals surface area (Å²) in [6.45, 7) is -3.09. The molecule has 0 amide bonds. The van der Waals surface area contributed by atoms with Gasteiger partial charge in [-0.25, -0.2) is 9.38 Å². The van der Waals surface area contributed by atoms with Crippen LogP contribution < -0.4 is 10.5 Å². The van der Waals surface area contributed by atoms with E-state index in [0.29, 0.717) is 10.6 Å². The van der Waals surface area contributed by atoms with Crippen molar-refractivity contribution >= 4 is 17.6 Å². The second kappa shape index (κ2) is 7.91. The van der Waals surface area contributed by atoms with Crippen LogP contribution in [0.2, 0.25) is 5.02 Å². The number of benzene rings is 3. The molecule has 0 aromatic heterocycles. The Bertz CT molecular complexity index is 1120. The molecule has 30 heavy (non-hydrogen) atoms. The molecule has 3 aromatic carbocycles. The fraction of sp³-hybridized carbons (Fsp3) is 0.136. The highest BCUT2D eigenvalue weighted by Gasteiger charge is 2.42. The van der Waals surface area contributed by atoms with E-state index in [9.17, 15) is 13.2 Å². The first-order valence-electron chi connectivity index (χ1n) is 8.97. The molecule has 0 saturated heterocycles. The number of ether oxygens (including phenoxy) is 2. The molecule has 1 heterocycles. The minimum atomic E-state index is -3.05. The van der Waals surface area contributed by atoms with E-state index in [1.807, 2.05) is 36.4 Å². The van der Waals surface area contributed by atoms with Crippen LogP contribution in [0.25, 0.3) is 11.1 Å². The van der Waals surface area contributed by atoms with Crippen LogP contribution in [0.5, 0.6) is 5.75 Å². The second-order valence-corrected chi connectivity index (χ2v) is 7.15. The van der Waals surface area contributed by atoms with E-state index in [1.165, 1.54) is 12.1 Å². The lowest BCUT2D eigenvalue weighted by molar-refractivity contribution is -0.0500.